The standard InChI is InChI=1S/C45H59NO15/c1-22(2)18-27(46-40(54)61-41(5,6)7)32(49)39(53)57-28-20-45(55)36(59-38(52)25-14-12-11-13-15-25)34-43(10,29(48)19-30-44(34,21-56-30)60-24(4)47)35(50)33(58-37(51)26-16-17-26)31(23(28)3)42(45,8)9/h11-15,18,26-30,32-34,36,48-49,55H,16-17,19-21H2,1-10H3,(H,46,54)/t27-,28-,29-,30+,32+,33+,34?,36?,43+,44-,45+/m0/s1. The van der Waals surface area contributed by atoms with Gasteiger partial charge in [-0.2, -0.15) is 0 Å². The van der Waals surface area contributed by atoms with Gasteiger partial charge in [-0.3, -0.25) is 14.4 Å². The summed E-state index contributed by atoms with van der Waals surface area (Å²) in [5.74, 6) is -6.50. The fourth-order valence-electron chi connectivity index (χ4n) is 9.75. The number of ether oxygens (including phenoxy) is 6. The summed E-state index contributed by atoms with van der Waals surface area (Å²) in [5, 5.41) is 39.8. The van der Waals surface area contributed by atoms with E-state index in [2.05, 4.69) is 5.32 Å². The van der Waals surface area contributed by atoms with Crippen molar-refractivity contribution in [2.75, 3.05) is 6.61 Å². The van der Waals surface area contributed by atoms with Gasteiger partial charge < -0.3 is 49.1 Å². The first kappa shape index (κ1) is 45.9. The molecule has 11 atom stereocenters. The maximum atomic E-state index is 15.6. The largest absolute Gasteiger partial charge is 0.456 e. The van der Waals surface area contributed by atoms with Gasteiger partial charge in [0.2, 0.25) is 0 Å². The van der Waals surface area contributed by atoms with Gasteiger partial charge in [-0.05, 0) is 84.6 Å². The monoisotopic (exact) mass is 853 g/mol. The number of alkyl carbamates (subject to hydrolysis) is 1. The summed E-state index contributed by atoms with van der Waals surface area (Å²) in [7, 11) is 0. The molecule has 334 valence electrons. The Balaban J connectivity index is 1.55. The lowest BCUT2D eigenvalue weighted by molar-refractivity contribution is -0.346. The maximum Gasteiger partial charge on any atom is 0.408 e. The number of allylic oxidation sites excluding steroid dienone is 1. The minimum absolute atomic E-state index is 0.0291. The SMILES string of the molecule is CC(=O)O[C@@]12CO[C@@H]1C[C@H](O)[C@@]1(C)C(=O)[C@H](OC(=O)C3CC3)C3=C(C)[C@@H](OC(=O)[C@H](O)[C@H](C=C(C)C)NC(=O)OC(C)(C)C)C[C@@](O)(C(OC(=O)c4ccccc4)C12)C3(C)C. The highest BCUT2D eigenvalue weighted by molar-refractivity contribution is 5.96. The van der Waals surface area contributed by atoms with Gasteiger partial charge >= 0.3 is 30.0 Å². The molecule has 1 heterocycles. The average molecular weight is 854 g/mol. The van der Waals surface area contributed by atoms with Crippen LogP contribution in [0.4, 0.5) is 4.79 Å². The summed E-state index contributed by atoms with van der Waals surface area (Å²) in [6.45, 7) is 15.3. The Hall–Kier alpha value is -4.64. The minimum atomic E-state index is -2.38. The molecule has 16 heteroatoms. The molecule has 6 rings (SSSR count). The number of hydrogen-bond acceptors (Lipinski definition) is 15. The van der Waals surface area contributed by atoms with Gasteiger partial charge in [-0.1, -0.05) is 43.7 Å². The maximum absolute atomic E-state index is 15.6. The smallest absolute Gasteiger partial charge is 0.408 e. The molecule has 4 fully saturated rings. The van der Waals surface area contributed by atoms with Crippen molar-refractivity contribution in [2.45, 2.75) is 154 Å². The number of Topliss-reactive ketones (excluding diaryl/α,β-unsaturated/α-hetero) is 1. The van der Waals surface area contributed by atoms with Crippen LogP contribution in [0.5, 0.6) is 0 Å². The number of ketones is 1. The lowest BCUT2D eigenvalue weighted by Gasteiger charge is -2.67. The molecule has 4 N–H and O–H groups in total. The number of aliphatic hydroxyl groups excluding tert-OH is 2. The normalized spacial score (nSPS) is 33.7. The molecule has 0 spiro atoms. The number of carbonyl (C=O) groups excluding carboxylic acids is 6. The number of rotatable bonds is 10. The lowest BCUT2D eigenvalue weighted by Crippen LogP contribution is -2.82. The molecule has 1 saturated heterocycles. The number of carbonyl (C=O) groups is 6. The Kier molecular flexibility index (Phi) is 12.2. The van der Waals surface area contributed by atoms with Crippen LogP contribution in [0.2, 0.25) is 0 Å². The van der Waals surface area contributed by atoms with E-state index in [9.17, 15) is 39.3 Å². The van der Waals surface area contributed by atoms with Gasteiger partial charge in [0, 0.05) is 25.2 Å². The van der Waals surface area contributed by atoms with E-state index in [0.29, 0.717) is 18.4 Å². The molecule has 0 radical (unpaired) electrons. The molecule has 4 aliphatic carbocycles. The van der Waals surface area contributed by atoms with Crippen molar-refractivity contribution in [2.24, 2.45) is 22.7 Å². The van der Waals surface area contributed by atoms with E-state index in [-0.39, 0.29) is 29.7 Å². The third-order valence-corrected chi connectivity index (χ3v) is 13.1. The van der Waals surface area contributed by atoms with Crippen LogP contribution in [0, 0.1) is 22.7 Å². The van der Waals surface area contributed by atoms with Crippen LogP contribution in [0.1, 0.15) is 105 Å². The zero-order chi connectivity index (χ0) is 45.2. The van der Waals surface area contributed by atoms with E-state index >= 15 is 4.79 Å². The molecule has 0 aromatic heterocycles. The third kappa shape index (κ3) is 8.23. The number of nitrogens with one attached hydrogen (secondary N) is 1. The second-order valence-corrected chi connectivity index (χ2v) is 19.1. The molecular formula is C45H59NO15. The van der Waals surface area contributed by atoms with Gasteiger partial charge in [0.15, 0.2) is 23.6 Å². The highest BCUT2D eigenvalue weighted by Gasteiger charge is 2.78. The van der Waals surface area contributed by atoms with E-state index in [1.54, 1.807) is 73.6 Å². The molecule has 2 bridgehead atoms. The quantitative estimate of drug-likeness (QED) is 0.149. The summed E-state index contributed by atoms with van der Waals surface area (Å²) in [5.41, 5.74) is -7.81. The number of esters is 4. The van der Waals surface area contributed by atoms with Crippen LogP contribution < -0.4 is 5.32 Å². The van der Waals surface area contributed by atoms with Crippen LogP contribution in [-0.2, 0) is 47.6 Å². The van der Waals surface area contributed by atoms with Gasteiger partial charge in [0.1, 0.15) is 29.5 Å². The Morgan fingerprint density at radius 3 is 2.16 bits per heavy atom. The number of hydrogen-bond donors (Lipinski definition) is 4. The van der Waals surface area contributed by atoms with Crippen molar-refractivity contribution < 1.29 is 72.5 Å². The topological polar surface area (TPSA) is 231 Å². The second kappa shape index (κ2) is 16.2. The second-order valence-electron chi connectivity index (χ2n) is 19.1. The summed E-state index contributed by atoms with van der Waals surface area (Å²) in [4.78, 5) is 83.5. The Bertz CT molecular complexity index is 2010. The van der Waals surface area contributed by atoms with Crippen LogP contribution in [-0.4, -0.2) is 117 Å². The summed E-state index contributed by atoms with van der Waals surface area (Å²) in [6, 6.07) is 6.53. The summed E-state index contributed by atoms with van der Waals surface area (Å²) < 4.78 is 35.9. The average Bonchev–Trinajstić information content (AvgIpc) is 4.01. The first-order chi connectivity index (χ1) is 28.3. The van der Waals surface area contributed by atoms with E-state index < -0.39 is 124 Å². The number of aliphatic hydroxyl groups is 3. The Labute approximate surface area is 355 Å². The fraction of sp³-hybridized carbons (Fsp3) is 0.644. The van der Waals surface area contributed by atoms with E-state index in [0.717, 1.165) is 6.92 Å². The van der Waals surface area contributed by atoms with E-state index in [1.807, 2.05) is 0 Å². The molecule has 61 heavy (non-hydrogen) atoms. The van der Waals surface area contributed by atoms with E-state index in [1.165, 1.54) is 25.1 Å². The molecular weight excluding hydrogens is 794 g/mol. The molecule has 1 aromatic rings. The molecule has 1 aromatic carbocycles. The number of benzene rings is 1. The predicted octanol–water partition coefficient (Wildman–Crippen LogP) is 3.81. The number of amides is 1. The highest BCUT2D eigenvalue weighted by atomic mass is 16.6. The van der Waals surface area contributed by atoms with Crippen LogP contribution >= 0.6 is 0 Å². The van der Waals surface area contributed by atoms with Crippen molar-refractivity contribution in [1.82, 2.24) is 5.32 Å². The van der Waals surface area contributed by atoms with Crippen molar-refractivity contribution in [1.29, 1.82) is 0 Å². The van der Waals surface area contributed by atoms with Gasteiger partial charge in [0.25, 0.3) is 0 Å². The van der Waals surface area contributed by atoms with Crippen molar-refractivity contribution in [3.8, 4) is 0 Å². The number of fused-ring (bicyclic) bond motifs is 5. The van der Waals surface area contributed by atoms with Gasteiger partial charge in [-0.15, -0.1) is 0 Å². The molecule has 5 aliphatic rings. The molecule has 2 unspecified atom stereocenters. The Morgan fingerprint density at radius 2 is 1.62 bits per heavy atom. The van der Waals surface area contributed by atoms with Crippen LogP contribution in [0.3, 0.4) is 0 Å². The van der Waals surface area contributed by atoms with Crippen molar-refractivity contribution in [3.63, 3.8) is 0 Å². The van der Waals surface area contributed by atoms with Crippen molar-refractivity contribution in [3.05, 3.63) is 58.7 Å². The van der Waals surface area contributed by atoms with Crippen LogP contribution in [0.25, 0.3) is 0 Å². The Morgan fingerprint density at radius 1 is 0.984 bits per heavy atom. The molecule has 3 saturated carbocycles. The zero-order valence-electron chi connectivity index (χ0n) is 36.4. The fourth-order valence-corrected chi connectivity index (χ4v) is 9.75. The first-order valence-electron chi connectivity index (χ1n) is 20.7. The molecule has 16 nitrogen and oxygen atoms in total. The summed E-state index contributed by atoms with van der Waals surface area (Å²) in [6.07, 6.45) is -8.85. The van der Waals surface area contributed by atoms with Crippen LogP contribution in [0.15, 0.2) is 53.1 Å². The van der Waals surface area contributed by atoms with Gasteiger partial charge in [-0.25, -0.2) is 14.4 Å². The predicted molar refractivity (Wildman–Crippen MR) is 214 cm³/mol. The third-order valence-electron chi connectivity index (χ3n) is 13.1. The lowest BCUT2D eigenvalue weighted by atomic mass is 9.44. The molecule has 1 amide bonds. The first-order valence-corrected chi connectivity index (χ1v) is 20.7. The van der Waals surface area contributed by atoms with E-state index in [4.69, 9.17) is 28.4 Å². The molecule has 1 aliphatic heterocycles. The zero-order valence-corrected chi connectivity index (χ0v) is 36.4. The summed E-state index contributed by atoms with van der Waals surface area (Å²) >= 11 is 0. The van der Waals surface area contributed by atoms with Crippen molar-refractivity contribution >= 4 is 35.8 Å². The highest BCUT2D eigenvalue weighted by Crippen LogP contribution is 2.64. The van der Waals surface area contributed by atoms with Gasteiger partial charge in [0.05, 0.1) is 41.6 Å². The minimum Gasteiger partial charge on any atom is -0.456 e.